The molecule has 0 N–H and O–H groups in total. The molecule has 0 bridgehead atoms. The van der Waals surface area contributed by atoms with Crippen molar-refractivity contribution in [2.75, 3.05) is 19.8 Å². The molecular weight excluding hydrogens is 266 g/mol. The molecule has 5 heteroatoms. The minimum absolute atomic E-state index is 0.0904. The maximum atomic E-state index is 12.3. The standard InChI is InChI=1S/C16H25N3O2/c1-3-4-9-21-13-16(20)19-8-6-5-7-15(19)12-18-11-14(2)10-17-18/h3,10-11,15H,1,4-9,12-13H2,2H3/t15-/m1/s1. The Morgan fingerprint density at radius 2 is 2.43 bits per heavy atom. The number of amides is 1. The molecule has 2 heterocycles. The van der Waals surface area contributed by atoms with Crippen LogP contribution in [-0.2, 0) is 16.1 Å². The van der Waals surface area contributed by atoms with Crippen molar-refractivity contribution < 1.29 is 9.53 Å². The van der Waals surface area contributed by atoms with Crippen molar-refractivity contribution >= 4 is 5.91 Å². The lowest BCUT2D eigenvalue weighted by molar-refractivity contribution is -0.140. The van der Waals surface area contributed by atoms with E-state index >= 15 is 0 Å². The lowest BCUT2D eigenvalue weighted by Gasteiger charge is -2.35. The Labute approximate surface area is 126 Å². The summed E-state index contributed by atoms with van der Waals surface area (Å²) in [5, 5.41) is 4.33. The maximum Gasteiger partial charge on any atom is 0.248 e. The molecule has 1 amide bonds. The number of nitrogens with zero attached hydrogens (tertiary/aromatic N) is 3. The minimum Gasteiger partial charge on any atom is -0.371 e. The molecule has 1 aliphatic heterocycles. The lowest BCUT2D eigenvalue weighted by Crippen LogP contribution is -2.47. The molecule has 1 saturated heterocycles. The van der Waals surface area contributed by atoms with Crippen LogP contribution in [0.15, 0.2) is 25.0 Å². The van der Waals surface area contributed by atoms with E-state index in [0.29, 0.717) is 6.61 Å². The maximum absolute atomic E-state index is 12.3. The average molecular weight is 291 g/mol. The number of hydrogen-bond acceptors (Lipinski definition) is 3. The van der Waals surface area contributed by atoms with E-state index in [0.717, 1.165) is 37.9 Å². The molecule has 1 aromatic heterocycles. The summed E-state index contributed by atoms with van der Waals surface area (Å²) in [5.74, 6) is 0.0904. The summed E-state index contributed by atoms with van der Waals surface area (Å²) in [6.45, 7) is 8.00. The van der Waals surface area contributed by atoms with Gasteiger partial charge >= 0.3 is 0 Å². The van der Waals surface area contributed by atoms with E-state index in [-0.39, 0.29) is 18.6 Å². The van der Waals surface area contributed by atoms with Crippen LogP contribution in [0.1, 0.15) is 31.2 Å². The number of hydrogen-bond donors (Lipinski definition) is 0. The van der Waals surface area contributed by atoms with Crippen LogP contribution >= 0.6 is 0 Å². The third-order valence-electron chi connectivity index (χ3n) is 3.80. The Morgan fingerprint density at radius 1 is 1.57 bits per heavy atom. The zero-order valence-corrected chi connectivity index (χ0v) is 12.8. The Bertz CT molecular complexity index is 470. The molecule has 1 atom stereocenters. The number of likely N-dealkylation sites (tertiary alicyclic amines) is 1. The van der Waals surface area contributed by atoms with E-state index in [1.54, 1.807) is 6.08 Å². The second kappa shape index (κ2) is 7.98. The van der Waals surface area contributed by atoms with Crippen LogP contribution in [0.5, 0.6) is 0 Å². The Balaban J connectivity index is 1.88. The predicted octanol–water partition coefficient (Wildman–Crippen LogP) is 2.17. The number of carbonyl (C=O) groups is 1. The number of aromatic nitrogens is 2. The van der Waals surface area contributed by atoms with Gasteiger partial charge in [-0.15, -0.1) is 6.58 Å². The third-order valence-corrected chi connectivity index (χ3v) is 3.80. The highest BCUT2D eigenvalue weighted by atomic mass is 16.5. The summed E-state index contributed by atoms with van der Waals surface area (Å²) in [6, 6.07) is 0.230. The van der Waals surface area contributed by atoms with Crippen LogP contribution < -0.4 is 0 Å². The van der Waals surface area contributed by atoms with E-state index in [1.807, 2.05) is 28.9 Å². The lowest BCUT2D eigenvalue weighted by atomic mass is 10.0. The van der Waals surface area contributed by atoms with Crippen LogP contribution in [-0.4, -0.2) is 46.4 Å². The van der Waals surface area contributed by atoms with Gasteiger partial charge in [-0.05, 0) is 38.2 Å². The highest BCUT2D eigenvalue weighted by Gasteiger charge is 2.27. The zero-order valence-electron chi connectivity index (χ0n) is 12.8. The fourth-order valence-electron chi connectivity index (χ4n) is 2.71. The first kappa shape index (κ1) is 15.8. The van der Waals surface area contributed by atoms with Crippen molar-refractivity contribution in [1.82, 2.24) is 14.7 Å². The SMILES string of the molecule is C=CCCOCC(=O)N1CCCC[C@@H]1Cn1cc(C)cn1. The third kappa shape index (κ3) is 4.70. The van der Waals surface area contributed by atoms with Gasteiger partial charge in [-0.2, -0.15) is 5.10 Å². The number of ether oxygens (including phenoxy) is 1. The first-order valence-electron chi connectivity index (χ1n) is 7.68. The number of carbonyl (C=O) groups excluding carboxylic acids is 1. The second-order valence-electron chi connectivity index (χ2n) is 5.61. The monoisotopic (exact) mass is 291 g/mol. The average Bonchev–Trinajstić information content (AvgIpc) is 2.89. The number of piperidine rings is 1. The molecule has 21 heavy (non-hydrogen) atoms. The van der Waals surface area contributed by atoms with E-state index in [4.69, 9.17) is 4.74 Å². The molecule has 1 fully saturated rings. The van der Waals surface area contributed by atoms with E-state index < -0.39 is 0 Å². The van der Waals surface area contributed by atoms with Gasteiger partial charge in [0.2, 0.25) is 5.91 Å². The van der Waals surface area contributed by atoms with Gasteiger partial charge in [0.05, 0.1) is 25.4 Å². The first-order valence-corrected chi connectivity index (χ1v) is 7.68. The molecule has 0 radical (unpaired) electrons. The second-order valence-corrected chi connectivity index (χ2v) is 5.61. The summed E-state index contributed by atoms with van der Waals surface area (Å²) in [7, 11) is 0. The molecule has 0 aromatic carbocycles. The highest BCUT2D eigenvalue weighted by molar-refractivity contribution is 5.77. The van der Waals surface area contributed by atoms with Crippen LogP contribution in [0.25, 0.3) is 0 Å². The topological polar surface area (TPSA) is 47.4 Å². The normalized spacial score (nSPS) is 18.7. The summed E-state index contributed by atoms with van der Waals surface area (Å²) in [5.41, 5.74) is 1.15. The summed E-state index contributed by atoms with van der Waals surface area (Å²) in [4.78, 5) is 14.3. The van der Waals surface area contributed by atoms with Gasteiger partial charge in [0, 0.05) is 12.7 Å². The Hall–Kier alpha value is -1.62. The van der Waals surface area contributed by atoms with Crippen molar-refractivity contribution in [1.29, 1.82) is 0 Å². The fourth-order valence-corrected chi connectivity index (χ4v) is 2.71. The molecule has 0 aliphatic carbocycles. The molecule has 1 aliphatic rings. The van der Waals surface area contributed by atoms with Gasteiger partial charge in [-0.3, -0.25) is 9.48 Å². The molecule has 2 rings (SSSR count). The molecule has 5 nitrogen and oxygen atoms in total. The summed E-state index contributed by atoms with van der Waals surface area (Å²) >= 11 is 0. The molecule has 1 aromatic rings. The van der Waals surface area contributed by atoms with E-state index in [2.05, 4.69) is 11.7 Å². The first-order chi connectivity index (χ1) is 10.2. The fraction of sp³-hybridized carbons (Fsp3) is 0.625. The van der Waals surface area contributed by atoms with Gasteiger partial charge in [0.25, 0.3) is 0 Å². The van der Waals surface area contributed by atoms with Crippen molar-refractivity contribution in [2.24, 2.45) is 0 Å². The Morgan fingerprint density at radius 3 is 3.14 bits per heavy atom. The number of aryl methyl sites for hydroxylation is 1. The quantitative estimate of drug-likeness (QED) is 0.571. The molecule has 0 spiro atoms. The predicted molar refractivity (Wildman–Crippen MR) is 81.9 cm³/mol. The molecule has 0 saturated carbocycles. The summed E-state index contributed by atoms with van der Waals surface area (Å²) in [6.07, 6.45) is 9.75. The van der Waals surface area contributed by atoms with E-state index in [9.17, 15) is 4.79 Å². The van der Waals surface area contributed by atoms with Crippen molar-refractivity contribution in [3.8, 4) is 0 Å². The van der Waals surface area contributed by atoms with Gasteiger partial charge < -0.3 is 9.64 Å². The largest absolute Gasteiger partial charge is 0.371 e. The van der Waals surface area contributed by atoms with Crippen LogP contribution in [0, 0.1) is 6.92 Å². The van der Waals surface area contributed by atoms with Crippen molar-refractivity contribution in [2.45, 2.75) is 45.2 Å². The van der Waals surface area contributed by atoms with Gasteiger partial charge in [-0.1, -0.05) is 6.08 Å². The van der Waals surface area contributed by atoms with Crippen LogP contribution in [0.4, 0.5) is 0 Å². The molecule has 116 valence electrons. The molecular formula is C16H25N3O2. The van der Waals surface area contributed by atoms with E-state index in [1.165, 1.54) is 6.42 Å². The van der Waals surface area contributed by atoms with Gasteiger partial charge in [-0.25, -0.2) is 0 Å². The smallest absolute Gasteiger partial charge is 0.248 e. The van der Waals surface area contributed by atoms with Crippen LogP contribution in [0.3, 0.4) is 0 Å². The molecule has 0 unspecified atom stereocenters. The Kier molecular flexibility index (Phi) is 5.99. The number of rotatable bonds is 7. The minimum atomic E-state index is 0.0904. The van der Waals surface area contributed by atoms with Crippen LogP contribution in [0.2, 0.25) is 0 Å². The van der Waals surface area contributed by atoms with Crippen molar-refractivity contribution in [3.63, 3.8) is 0 Å². The van der Waals surface area contributed by atoms with Gasteiger partial charge in [0.1, 0.15) is 6.61 Å². The van der Waals surface area contributed by atoms with Gasteiger partial charge in [0.15, 0.2) is 0 Å². The zero-order chi connectivity index (χ0) is 15.1. The summed E-state index contributed by atoms with van der Waals surface area (Å²) < 4.78 is 7.34. The van der Waals surface area contributed by atoms with Crippen molar-refractivity contribution in [3.05, 3.63) is 30.6 Å². The highest BCUT2D eigenvalue weighted by Crippen LogP contribution is 2.19.